The van der Waals surface area contributed by atoms with Gasteiger partial charge in [-0.3, -0.25) is 15.0 Å². The predicted octanol–water partition coefficient (Wildman–Crippen LogP) is 3.68. The van der Waals surface area contributed by atoms with Gasteiger partial charge in [0.05, 0.1) is 28.9 Å². The molecule has 1 heterocycles. The number of aromatic nitrogens is 2. The molecule has 6 nitrogen and oxygen atoms in total. The average molecular weight is 363 g/mol. The smallest absolute Gasteiger partial charge is 0.269 e. The van der Waals surface area contributed by atoms with Gasteiger partial charge in [-0.2, -0.15) is 4.98 Å². The Kier molecular flexibility index (Phi) is 4.81. The first-order chi connectivity index (χ1) is 13.1. The van der Waals surface area contributed by atoms with Crippen molar-refractivity contribution in [2.75, 3.05) is 7.05 Å². The molecule has 1 atom stereocenters. The van der Waals surface area contributed by atoms with Crippen LogP contribution in [0.25, 0.3) is 22.3 Å². The van der Waals surface area contributed by atoms with E-state index >= 15 is 0 Å². The molecule has 2 aromatic carbocycles. The van der Waals surface area contributed by atoms with Gasteiger partial charge >= 0.3 is 0 Å². The quantitative estimate of drug-likeness (QED) is 0.567. The van der Waals surface area contributed by atoms with Crippen LogP contribution in [0.2, 0.25) is 0 Å². The lowest BCUT2D eigenvalue weighted by Gasteiger charge is -2.27. The summed E-state index contributed by atoms with van der Waals surface area (Å²) in [6, 6.07) is 15.1. The fraction of sp³-hybridized carbons (Fsp3) is 0.333. The van der Waals surface area contributed by atoms with Gasteiger partial charge in [0, 0.05) is 17.7 Å². The minimum absolute atomic E-state index is 0.0738. The van der Waals surface area contributed by atoms with Crippen LogP contribution in [0.4, 0.5) is 11.5 Å². The molecular formula is C21H23N4O2+. The molecule has 6 heteroatoms. The minimum Gasteiger partial charge on any atom is -0.285 e. The van der Waals surface area contributed by atoms with E-state index in [1.54, 1.807) is 12.1 Å². The molecular weight excluding hydrogens is 340 g/mol. The zero-order valence-corrected chi connectivity index (χ0v) is 15.4. The van der Waals surface area contributed by atoms with Gasteiger partial charge in [0.25, 0.3) is 5.69 Å². The topological polar surface area (TPSA) is 73.4 Å². The van der Waals surface area contributed by atoms with Crippen LogP contribution in [0.15, 0.2) is 48.5 Å². The maximum Gasteiger partial charge on any atom is 0.269 e. The minimum atomic E-state index is -0.391. The fourth-order valence-electron chi connectivity index (χ4n) is 3.97. The van der Waals surface area contributed by atoms with E-state index in [-0.39, 0.29) is 5.69 Å². The van der Waals surface area contributed by atoms with Crippen molar-refractivity contribution in [1.82, 2.24) is 9.97 Å². The van der Waals surface area contributed by atoms with Crippen LogP contribution >= 0.6 is 0 Å². The summed E-state index contributed by atoms with van der Waals surface area (Å²) in [6.45, 7) is 0. The van der Waals surface area contributed by atoms with Crippen molar-refractivity contribution in [3.05, 3.63) is 58.6 Å². The lowest BCUT2D eigenvalue weighted by Crippen LogP contribution is -3.08. The van der Waals surface area contributed by atoms with Crippen molar-refractivity contribution in [2.24, 2.45) is 0 Å². The molecule has 138 valence electrons. The van der Waals surface area contributed by atoms with E-state index in [4.69, 9.17) is 9.97 Å². The van der Waals surface area contributed by atoms with E-state index < -0.39 is 4.92 Å². The van der Waals surface area contributed by atoms with Crippen molar-refractivity contribution >= 4 is 22.4 Å². The molecule has 1 aliphatic rings. The second kappa shape index (κ2) is 7.40. The predicted molar refractivity (Wildman–Crippen MR) is 105 cm³/mol. The Hall–Kier alpha value is -2.86. The normalized spacial score (nSPS) is 16.3. The molecule has 1 aromatic heterocycles. The van der Waals surface area contributed by atoms with E-state index in [1.807, 2.05) is 18.2 Å². The van der Waals surface area contributed by atoms with E-state index in [0.29, 0.717) is 11.9 Å². The maximum atomic E-state index is 10.9. The van der Waals surface area contributed by atoms with Gasteiger partial charge in [0.15, 0.2) is 5.82 Å². The standard InChI is InChI=1S/C21H22N4O2/c1-24(16-7-3-2-4-8-16)21-18-9-5-6-10-19(18)22-20(23-21)15-11-13-17(14-12-15)25(26)27/h5-6,9-14,16H,2-4,7-8H2,1H3/p+1. The molecule has 1 fully saturated rings. The molecule has 1 N–H and O–H groups in total. The van der Waals surface area contributed by atoms with Crippen molar-refractivity contribution in [3.8, 4) is 11.4 Å². The van der Waals surface area contributed by atoms with E-state index in [2.05, 4.69) is 13.1 Å². The van der Waals surface area contributed by atoms with Gasteiger partial charge in [-0.25, -0.2) is 4.98 Å². The Bertz CT molecular complexity index is 966. The number of non-ortho nitro benzene ring substituents is 1. The Morgan fingerprint density at radius 3 is 2.41 bits per heavy atom. The number of hydrogen-bond donors (Lipinski definition) is 1. The molecule has 0 bridgehead atoms. The summed E-state index contributed by atoms with van der Waals surface area (Å²) in [6.07, 6.45) is 6.32. The number of nitro benzene ring substituents is 1. The highest BCUT2D eigenvalue weighted by Gasteiger charge is 2.26. The van der Waals surface area contributed by atoms with Crippen LogP contribution in [0.1, 0.15) is 32.1 Å². The molecule has 3 aromatic rings. The molecule has 0 radical (unpaired) electrons. The largest absolute Gasteiger partial charge is 0.285 e. The number of fused-ring (bicyclic) bond motifs is 1. The molecule has 27 heavy (non-hydrogen) atoms. The molecule has 1 saturated carbocycles. The van der Waals surface area contributed by atoms with Crippen LogP contribution in [0.3, 0.4) is 0 Å². The van der Waals surface area contributed by atoms with E-state index in [9.17, 15) is 10.1 Å². The summed E-state index contributed by atoms with van der Waals surface area (Å²) in [5.41, 5.74) is 1.78. The number of para-hydroxylation sites is 1. The highest BCUT2D eigenvalue weighted by Crippen LogP contribution is 2.25. The number of rotatable bonds is 4. The zero-order valence-electron chi connectivity index (χ0n) is 15.4. The van der Waals surface area contributed by atoms with Gasteiger partial charge in [-0.1, -0.05) is 18.6 Å². The summed E-state index contributed by atoms with van der Waals surface area (Å²) >= 11 is 0. The number of hydrogen-bond acceptors (Lipinski definition) is 4. The second-order valence-corrected chi connectivity index (χ2v) is 7.23. The first kappa shape index (κ1) is 17.5. The van der Waals surface area contributed by atoms with Crippen molar-refractivity contribution in [3.63, 3.8) is 0 Å². The molecule has 0 saturated heterocycles. The Morgan fingerprint density at radius 1 is 1.00 bits per heavy atom. The fourth-order valence-corrected chi connectivity index (χ4v) is 3.97. The Balaban J connectivity index is 1.79. The van der Waals surface area contributed by atoms with Crippen molar-refractivity contribution in [1.29, 1.82) is 0 Å². The molecule has 0 aliphatic heterocycles. The van der Waals surface area contributed by atoms with Gasteiger partial charge in [0.2, 0.25) is 5.82 Å². The van der Waals surface area contributed by atoms with Crippen LogP contribution in [-0.2, 0) is 0 Å². The third kappa shape index (κ3) is 3.53. The van der Waals surface area contributed by atoms with Gasteiger partial charge in [-0.05, 0) is 49.9 Å². The Labute approximate surface area is 158 Å². The monoisotopic (exact) mass is 363 g/mol. The number of benzene rings is 2. The highest BCUT2D eigenvalue weighted by molar-refractivity contribution is 5.87. The third-order valence-corrected chi connectivity index (χ3v) is 5.53. The van der Waals surface area contributed by atoms with Crippen LogP contribution in [0, 0.1) is 10.1 Å². The highest BCUT2D eigenvalue weighted by atomic mass is 16.6. The SMILES string of the molecule is C[NH+](c1nc(-c2ccc([N+](=O)[O-])cc2)nc2ccccc12)C1CCCCC1. The molecule has 0 amide bonds. The first-order valence-corrected chi connectivity index (χ1v) is 9.49. The lowest BCUT2D eigenvalue weighted by atomic mass is 9.94. The molecule has 1 unspecified atom stereocenters. The second-order valence-electron chi connectivity index (χ2n) is 7.23. The summed E-state index contributed by atoms with van der Waals surface area (Å²) in [5.74, 6) is 1.63. The maximum absolute atomic E-state index is 10.9. The zero-order chi connectivity index (χ0) is 18.8. The average Bonchev–Trinajstić information content (AvgIpc) is 2.73. The van der Waals surface area contributed by atoms with E-state index in [1.165, 1.54) is 49.1 Å². The van der Waals surface area contributed by atoms with Gasteiger partial charge < -0.3 is 0 Å². The summed E-state index contributed by atoms with van der Waals surface area (Å²) in [4.78, 5) is 21.5. The summed E-state index contributed by atoms with van der Waals surface area (Å²) in [5, 5.41) is 12.0. The summed E-state index contributed by atoms with van der Waals surface area (Å²) in [7, 11) is 2.20. The van der Waals surface area contributed by atoms with Crippen LogP contribution in [-0.4, -0.2) is 28.0 Å². The number of nitro groups is 1. The van der Waals surface area contributed by atoms with Crippen LogP contribution in [0.5, 0.6) is 0 Å². The van der Waals surface area contributed by atoms with E-state index in [0.717, 1.165) is 22.3 Å². The van der Waals surface area contributed by atoms with Crippen molar-refractivity contribution < 1.29 is 9.82 Å². The molecule has 4 rings (SSSR count). The number of nitrogens with one attached hydrogen (secondary N) is 1. The lowest BCUT2D eigenvalue weighted by molar-refractivity contribution is -0.842. The molecule has 1 aliphatic carbocycles. The molecule has 0 spiro atoms. The number of nitrogens with zero attached hydrogens (tertiary/aromatic N) is 3. The van der Waals surface area contributed by atoms with Gasteiger partial charge in [-0.15, -0.1) is 0 Å². The first-order valence-electron chi connectivity index (χ1n) is 9.49. The van der Waals surface area contributed by atoms with Gasteiger partial charge in [0.1, 0.15) is 0 Å². The third-order valence-electron chi connectivity index (χ3n) is 5.53. The van der Waals surface area contributed by atoms with Crippen LogP contribution < -0.4 is 4.90 Å². The summed E-state index contributed by atoms with van der Waals surface area (Å²) < 4.78 is 0. The van der Waals surface area contributed by atoms with Crippen molar-refractivity contribution in [2.45, 2.75) is 38.1 Å². The Morgan fingerprint density at radius 2 is 1.70 bits per heavy atom. The number of quaternary nitrogens is 1.